The van der Waals surface area contributed by atoms with Crippen LogP contribution in [0.3, 0.4) is 0 Å². The second-order valence-corrected chi connectivity index (χ2v) is 5.76. The maximum atomic E-state index is 11.7. The molecule has 0 spiro atoms. The van der Waals surface area contributed by atoms with Crippen molar-refractivity contribution in [3.05, 3.63) is 34.2 Å². The summed E-state index contributed by atoms with van der Waals surface area (Å²) in [4.78, 5) is 11.7. The van der Waals surface area contributed by atoms with Crippen molar-refractivity contribution in [2.24, 2.45) is 7.05 Å². The average Bonchev–Trinajstić information content (AvgIpc) is 2.75. The van der Waals surface area contributed by atoms with Gasteiger partial charge in [-0.05, 0) is 46.9 Å². The molecule has 5 nitrogen and oxygen atoms in total. The SMILES string of the molecule is Cn1cnnc1SCC(=O)Nc1ccc(I)cc1. The summed E-state index contributed by atoms with van der Waals surface area (Å²) in [6.45, 7) is 0. The Kier molecular flexibility index (Phi) is 4.59. The number of benzene rings is 1. The summed E-state index contributed by atoms with van der Waals surface area (Å²) < 4.78 is 2.92. The van der Waals surface area contributed by atoms with Gasteiger partial charge in [0.25, 0.3) is 0 Å². The van der Waals surface area contributed by atoms with Gasteiger partial charge < -0.3 is 9.88 Å². The zero-order chi connectivity index (χ0) is 13.0. The lowest BCUT2D eigenvalue weighted by Gasteiger charge is -2.04. The Morgan fingerprint density at radius 3 is 2.78 bits per heavy atom. The van der Waals surface area contributed by atoms with Crippen molar-refractivity contribution < 1.29 is 4.79 Å². The van der Waals surface area contributed by atoms with Gasteiger partial charge in [-0.15, -0.1) is 10.2 Å². The highest BCUT2D eigenvalue weighted by Gasteiger charge is 2.07. The summed E-state index contributed by atoms with van der Waals surface area (Å²) in [6, 6.07) is 7.66. The van der Waals surface area contributed by atoms with E-state index in [2.05, 4.69) is 38.1 Å². The maximum absolute atomic E-state index is 11.7. The quantitative estimate of drug-likeness (QED) is 0.658. The van der Waals surface area contributed by atoms with Gasteiger partial charge >= 0.3 is 0 Å². The molecule has 1 amide bonds. The molecule has 0 atom stereocenters. The van der Waals surface area contributed by atoms with E-state index in [4.69, 9.17) is 0 Å². The summed E-state index contributed by atoms with van der Waals surface area (Å²) >= 11 is 3.58. The minimum Gasteiger partial charge on any atom is -0.325 e. The van der Waals surface area contributed by atoms with Crippen molar-refractivity contribution >= 4 is 45.9 Å². The van der Waals surface area contributed by atoms with Crippen LogP contribution < -0.4 is 5.32 Å². The Labute approximate surface area is 123 Å². The van der Waals surface area contributed by atoms with Crippen LogP contribution in [0.15, 0.2) is 35.7 Å². The zero-order valence-electron chi connectivity index (χ0n) is 9.63. The molecule has 2 aromatic rings. The van der Waals surface area contributed by atoms with Crippen molar-refractivity contribution in [1.29, 1.82) is 0 Å². The second-order valence-electron chi connectivity index (χ2n) is 3.57. The molecule has 1 aromatic heterocycles. The van der Waals surface area contributed by atoms with E-state index in [1.165, 1.54) is 11.8 Å². The molecule has 0 aliphatic rings. The van der Waals surface area contributed by atoms with Gasteiger partial charge in [0.1, 0.15) is 6.33 Å². The lowest BCUT2D eigenvalue weighted by Crippen LogP contribution is -2.14. The van der Waals surface area contributed by atoms with Crippen molar-refractivity contribution in [2.45, 2.75) is 5.16 Å². The fourth-order valence-corrected chi connectivity index (χ4v) is 2.31. The lowest BCUT2D eigenvalue weighted by atomic mass is 10.3. The van der Waals surface area contributed by atoms with E-state index in [9.17, 15) is 4.79 Å². The van der Waals surface area contributed by atoms with E-state index < -0.39 is 0 Å². The number of halogens is 1. The number of thioether (sulfide) groups is 1. The predicted molar refractivity (Wildman–Crippen MR) is 79.5 cm³/mol. The van der Waals surface area contributed by atoms with E-state index in [1.54, 1.807) is 10.9 Å². The Balaban J connectivity index is 1.86. The number of hydrogen-bond donors (Lipinski definition) is 1. The molecule has 94 valence electrons. The molecule has 1 aromatic carbocycles. The van der Waals surface area contributed by atoms with E-state index >= 15 is 0 Å². The molecule has 0 saturated heterocycles. The lowest BCUT2D eigenvalue weighted by molar-refractivity contribution is -0.113. The molecule has 0 fully saturated rings. The summed E-state index contributed by atoms with van der Waals surface area (Å²) in [5, 5.41) is 11.2. The van der Waals surface area contributed by atoms with Gasteiger partial charge in [-0.1, -0.05) is 11.8 Å². The Bertz CT molecular complexity index is 540. The fourth-order valence-electron chi connectivity index (χ4n) is 1.26. The number of aryl methyl sites for hydroxylation is 1. The van der Waals surface area contributed by atoms with Gasteiger partial charge in [-0.25, -0.2) is 0 Å². The molecular formula is C11H11IN4OS. The molecule has 0 saturated carbocycles. The molecule has 0 aliphatic carbocycles. The van der Waals surface area contributed by atoms with Crippen LogP contribution in [0.1, 0.15) is 0 Å². The number of aromatic nitrogens is 3. The van der Waals surface area contributed by atoms with Gasteiger partial charge in [0, 0.05) is 16.3 Å². The number of carbonyl (C=O) groups excluding carboxylic acids is 1. The molecule has 18 heavy (non-hydrogen) atoms. The first-order chi connectivity index (χ1) is 8.65. The van der Waals surface area contributed by atoms with E-state index in [0.29, 0.717) is 5.75 Å². The van der Waals surface area contributed by atoms with E-state index in [1.807, 2.05) is 31.3 Å². The molecule has 1 heterocycles. The first-order valence-electron chi connectivity index (χ1n) is 5.17. The molecule has 0 unspecified atom stereocenters. The fraction of sp³-hybridized carbons (Fsp3) is 0.182. The molecule has 1 N–H and O–H groups in total. The Hall–Kier alpha value is -1.09. The first kappa shape index (κ1) is 13.3. The summed E-state index contributed by atoms with van der Waals surface area (Å²) in [7, 11) is 1.85. The van der Waals surface area contributed by atoms with Crippen LogP contribution in [-0.4, -0.2) is 26.4 Å². The summed E-state index contributed by atoms with van der Waals surface area (Å²) in [6.07, 6.45) is 1.61. The molecule has 0 bridgehead atoms. The molecular weight excluding hydrogens is 363 g/mol. The van der Waals surface area contributed by atoms with Crippen molar-refractivity contribution in [1.82, 2.24) is 14.8 Å². The van der Waals surface area contributed by atoms with Crippen molar-refractivity contribution in [2.75, 3.05) is 11.1 Å². The normalized spacial score (nSPS) is 10.3. The number of nitrogens with one attached hydrogen (secondary N) is 1. The Morgan fingerprint density at radius 1 is 1.44 bits per heavy atom. The van der Waals surface area contributed by atoms with Crippen LogP contribution >= 0.6 is 34.4 Å². The highest BCUT2D eigenvalue weighted by molar-refractivity contribution is 14.1. The van der Waals surface area contributed by atoms with Gasteiger partial charge in [0.2, 0.25) is 5.91 Å². The third kappa shape index (κ3) is 3.70. The minimum absolute atomic E-state index is 0.0517. The monoisotopic (exact) mass is 374 g/mol. The highest BCUT2D eigenvalue weighted by Crippen LogP contribution is 2.15. The zero-order valence-corrected chi connectivity index (χ0v) is 12.6. The summed E-state index contributed by atoms with van der Waals surface area (Å²) in [5.41, 5.74) is 0.805. The number of amides is 1. The third-order valence-corrected chi connectivity index (χ3v) is 3.88. The van der Waals surface area contributed by atoms with Crippen LogP contribution in [0.4, 0.5) is 5.69 Å². The largest absolute Gasteiger partial charge is 0.325 e. The van der Waals surface area contributed by atoms with Crippen molar-refractivity contribution in [3.63, 3.8) is 0 Å². The predicted octanol–water partition coefficient (Wildman–Crippen LogP) is 2.15. The number of nitrogens with zero attached hydrogens (tertiary/aromatic N) is 3. The van der Waals surface area contributed by atoms with Crippen LogP contribution in [0.2, 0.25) is 0 Å². The molecule has 0 radical (unpaired) electrons. The van der Waals surface area contributed by atoms with Gasteiger partial charge in [0.05, 0.1) is 5.75 Å². The minimum atomic E-state index is -0.0517. The first-order valence-corrected chi connectivity index (χ1v) is 7.24. The standard InChI is InChI=1S/C11H11IN4OS/c1-16-7-13-15-11(16)18-6-10(17)14-9-4-2-8(12)3-5-9/h2-5,7H,6H2,1H3,(H,14,17). The number of carbonyl (C=O) groups is 1. The van der Waals surface area contributed by atoms with Crippen LogP contribution in [-0.2, 0) is 11.8 Å². The number of hydrogen-bond acceptors (Lipinski definition) is 4. The van der Waals surface area contributed by atoms with Crippen molar-refractivity contribution in [3.8, 4) is 0 Å². The van der Waals surface area contributed by atoms with E-state index in [0.717, 1.165) is 14.4 Å². The Morgan fingerprint density at radius 2 is 2.17 bits per heavy atom. The topological polar surface area (TPSA) is 59.8 Å². The van der Waals surface area contributed by atoms with Crippen LogP contribution in [0.5, 0.6) is 0 Å². The maximum Gasteiger partial charge on any atom is 0.234 e. The summed E-state index contributed by atoms with van der Waals surface area (Å²) in [5.74, 6) is 0.266. The number of anilines is 1. The molecule has 7 heteroatoms. The van der Waals surface area contributed by atoms with Gasteiger partial charge in [0.15, 0.2) is 5.16 Å². The second kappa shape index (κ2) is 6.19. The molecule has 0 aliphatic heterocycles. The van der Waals surface area contributed by atoms with Gasteiger partial charge in [-0.2, -0.15) is 0 Å². The molecule has 2 rings (SSSR count). The van der Waals surface area contributed by atoms with E-state index in [-0.39, 0.29) is 5.91 Å². The average molecular weight is 374 g/mol. The van der Waals surface area contributed by atoms with Crippen LogP contribution in [0, 0.1) is 3.57 Å². The smallest absolute Gasteiger partial charge is 0.234 e. The van der Waals surface area contributed by atoms with Gasteiger partial charge in [-0.3, -0.25) is 4.79 Å². The third-order valence-electron chi connectivity index (χ3n) is 2.13. The number of rotatable bonds is 4. The highest BCUT2D eigenvalue weighted by atomic mass is 127. The van der Waals surface area contributed by atoms with Crippen LogP contribution in [0.25, 0.3) is 0 Å².